The molecule has 1 aromatic heterocycles. The van der Waals surface area contributed by atoms with Gasteiger partial charge in [0.05, 0.1) is 16.7 Å². The molecule has 2 atom stereocenters. The zero-order valence-electron chi connectivity index (χ0n) is 20.3. The number of H-pyrrole nitrogens is 1. The Kier molecular flexibility index (Phi) is 6.91. The minimum absolute atomic E-state index is 0.121. The van der Waals surface area contributed by atoms with Gasteiger partial charge in [0.25, 0.3) is 0 Å². The minimum Gasteiger partial charge on any atom is -0.465 e. The fourth-order valence-electron chi connectivity index (χ4n) is 5.62. The molecule has 1 amide bonds. The maximum absolute atomic E-state index is 13.0. The fraction of sp³-hybridized carbons (Fsp3) is 0.310. The van der Waals surface area contributed by atoms with Gasteiger partial charge in [-0.25, -0.2) is 9.59 Å². The number of nitrogens with one attached hydrogen (secondary N) is 2. The molecule has 1 fully saturated rings. The highest BCUT2D eigenvalue weighted by Crippen LogP contribution is 2.37. The number of amides is 1. The molecule has 0 spiro atoms. The van der Waals surface area contributed by atoms with E-state index in [4.69, 9.17) is 0 Å². The molecule has 2 unspecified atom stereocenters. The van der Waals surface area contributed by atoms with E-state index in [0.29, 0.717) is 32.4 Å². The zero-order chi connectivity index (χ0) is 25.0. The summed E-state index contributed by atoms with van der Waals surface area (Å²) < 4.78 is 1.82. The summed E-state index contributed by atoms with van der Waals surface area (Å²) in [6.07, 6.45) is 2.50. The molecule has 1 saturated heterocycles. The number of benzene rings is 3. The fourth-order valence-corrected chi connectivity index (χ4v) is 5.62. The number of aromatic amines is 1. The predicted molar refractivity (Wildman–Crippen MR) is 141 cm³/mol. The van der Waals surface area contributed by atoms with Crippen molar-refractivity contribution in [3.8, 4) is 0 Å². The van der Waals surface area contributed by atoms with Gasteiger partial charge in [-0.3, -0.25) is 14.8 Å². The van der Waals surface area contributed by atoms with Crippen LogP contribution in [-0.2, 0) is 13.0 Å². The largest absolute Gasteiger partial charge is 0.465 e. The number of likely N-dealkylation sites (tertiary alicyclic amines) is 1. The monoisotopic (exact) mass is 484 g/mol. The van der Waals surface area contributed by atoms with E-state index in [2.05, 4.69) is 22.4 Å². The van der Waals surface area contributed by atoms with E-state index >= 15 is 0 Å². The molecule has 7 nitrogen and oxygen atoms in total. The Morgan fingerprint density at radius 1 is 0.972 bits per heavy atom. The third kappa shape index (κ3) is 4.93. The molecule has 3 aromatic carbocycles. The highest BCUT2D eigenvalue weighted by molar-refractivity contribution is 5.75. The quantitative estimate of drug-likeness (QED) is 0.322. The highest BCUT2D eigenvalue weighted by Gasteiger charge is 2.45. The number of nitrogens with zero attached hydrogens (tertiary/aromatic N) is 2. The van der Waals surface area contributed by atoms with Crippen LogP contribution in [0.15, 0.2) is 89.7 Å². The van der Waals surface area contributed by atoms with Gasteiger partial charge in [-0.15, -0.1) is 0 Å². The summed E-state index contributed by atoms with van der Waals surface area (Å²) in [5.41, 5.74) is 3.05. The molecule has 36 heavy (non-hydrogen) atoms. The first-order chi connectivity index (χ1) is 17.6. The first kappa shape index (κ1) is 23.9. The van der Waals surface area contributed by atoms with Gasteiger partial charge in [0, 0.05) is 25.6 Å². The number of hydrogen-bond donors (Lipinski definition) is 3. The zero-order valence-corrected chi connectivity index (χ0v) is 20.3. The smallest absolute Gasteiger partial charge is 0.408 e. The Bertz CT molecular complexity index is 1370. The van der Waals surface area contributed by atoms with Crippen LogP contribution in [0.2, 0.25) is 0 Å². The molecule has 2 heterocycles. The van der Waals surface area contributed by atoms with E-state index in [1.165, 1.54) is 5.56 Å². The molecular formula is C29H32N4O3. The van der Waals surface area contributed by atoms with E-state index < -0.39 is 11.8 Å². The van der Waals surface area contributed by atoms with Gasteiger partial charge in [0.2, 0.25) is 0 Å². The van der Waals surface area contributed by atoms with Gasteiger partial charge in [-0.05, 0) is 48.9 Å². The molecule has 0 radical (unpaired) electrons. The minimum atomic E-state index is -0.931. The van der Waals surface area contributed by atoms with Gasteiger partial charge in [-0.2, -0.15) is 0 Å². The van der Waals surface area contributed by atoms with Crippen molar-refractivity contribution in [3.05, 3.63) is 107 Å². The first-order valence-electron chi connectivity index (χ1n) is 12.6. The average molecular weight is 485 g/mol. The van der Waals surface area contributed by atoms with Crippen LogP contribution in [0.1, 0.15) is 42.9 Å². The molecule has 1 aliphatic heterocycles. The van der Waals surface area contributed by atoms with E-state index in [1.807, 2.05) is 77.4 Å². The molecule has 186 valence electrons. The summed E-state index contributed by atoms with van der Waals surface area (Å²) in [5.74, 6) is 0. The van der Waals surface area contributed by atoms with E-state index in [-0.39, 0.29) is 11.7 Å². The van der Waals surface area contributed by atoms with Crippen molar-refractivity contribution in [2.45, 2.75) is 50.4 Å². The number of fused-ring (bicyclic) bond motifs is 1. The van der Waals surface area contributed by atoms with Crippen LogP contribution in [0.4, 0.5) is 4.79 Å². The third-order valence-corrected chi connectivity index (χ3v) is 7.36. The van der Waals surface area contributed by atoms with Crippen molar-refractivity contribution in [3.63, 3.8) is 0 Å². The second-order valence-electron chi connectivity index (χ2n) is 9.61. The van der Waals surface area contributed by atoms with Crippen LogP contribution in [-0.4, -0.2) is 37.9 Å². The standard InChI is InChI=1S/C29H32N4O3/c34-27-31-25-15-7-8-16-26(25)33(27)24-17-19-32(28(35)36)29(20-24,30-21-23-12-5-2-6-13-23)18-9-14-22-10-3-1-4-11-22/h1-8,10-13,15-16,24,30H,9,14,17-21H2,(H,31,34)(H,35,36). The van der Waals surface area contributed by atoms with E-state index in [9.17, 15) is 14.7 Å². The summed E-state index contributed by atoms with van der Waals surface area (Å²) in [5, 5.41) is 13.9. The van der Waals surface area contributed by atoms with Crippen LogP contribution in [0.25, 0.3) is 11.0 Å². The SMILES string of the molecule is O=C(O)N1CCC(n2c(=O)[nH]c3ccccc32)CC1(CCCc1ccccc1)NCc1ccccc1. The lowest BCUT2D eigenvalue weighted by Crippen LogP contribution is -2.64. The summed E-state index contributed by atoms with van der Waals surface area (Å²) in [6.45, 7) is 0.907. The van der Waals surface area contributed by atoms with Crippen LogP contribution in [0.3, 0.4) is 0 Å². The molecule has 1 aliphatic rings. The lowest BCUT2D eigenvalue weighted by atomic mass is 9.86. The first-order valence-corrected chi connectivity index (χ1v) is 12.6. The van der Waals surface area contributed by atoms with Gasteiger partial charge in [0.1, 0.15) is 0 Å². The van der Waals surface area contributed by atoms with Crippen LogP contribution < -0.4 is 11.0 Å². The van der Waals surface area contributed by atoms with Crippen LogP contribution >= 0.6 is 0 Å². The average Bonchev–Trinajstić information content (AvgIpc) is 3.24. The van der Waals surface area contributed by atoms with Crippen LogP contribution in [0.5, 0.6) is 0 Å². The molecule has 7 heteroatoms. The van der Waals surface area contributed by atoms with Crippen molar-refractivity contribution >= 4 is 17.1 Å². The summed E-state index contributed by atoms with van der Waals surface area (Å²) in [4.78, 5) is 30.0. The van der Waals surface area contributed by atoms with E-state index in [0.717, 1.165) is 29.4 Å². The number of hydrogen-bond acceptors (Lipinski definition) is 3. The Balaban J connectivity index is 1.47. The van der Waals surface area contributed by atoms with Crippen molar-refractivity contribution in [2.75, 3.05) is 6.54 Å². The second-order valence-corrected chi connectivity index (χ2v) is 9.61. The van der Waals surface area contributed by atoms with Gasteiger partial charge < -0.3 is 10.1 Å². The maximum atomic E-state index is 13.0. The molecular weight excluding hydrogens is 452 g/mol. The van der Waals surface area contributed by atoms with Crippen LogP contribution in [0, 0.1) is 0 Å². The Labute approximate surface area is 210 Å². The van der Waals surface area contributed by atoms with Crippen molar-refractivity contribution in [1.82, 2.24) is 19.8 Å². The molecule has 0 saturated carbocycles. The number of rotatable bonds is 8. The lowest BCUT2D eigenvalue weighted by Gasteiger charge is -2.49. The number of aromatic nitrogens is 2. The Hall–Kier alpha value is -3.84. The molecule has 5 rings (SSSR count). The lowest BCUT2D eigenvalue weighted by molar-refractivity contribution is -0.00201. The number of piperidine rings is 1. The summed E-state index contributed by atoms with van der Waals surface area (Å²) in [7, 11) is 0. The van der Waals surface area contributed by atoms with Gasteiger partial charge >= 0.3 is 11.8 Å². The number of carboxylic acid groups (broad SMARTS) is 1. The predicted octanol–water partition coefficient (Wildman–Crippen LogP) is 5.15. The third-order valence-electron chi connectivity index (χ3n) is 7.36. The number of aryl methyl sites for hydroxylation is 1. The Morgan fingerprint density at radius 2 is 1.64 bits per heavy atom. The second kappa shape index (κ2) is 10.4. The van der Waals surface area contributed by atoms with Gasteiger partial charge in [0.15, 0.2) is 0 Å². The Morgan fingerprint density at radius 3 is 2.36 bits per heavy atom. The molecule has 0 aliphatic carbocycles. The van der Waals surface area contributed by atoms with Crippen molar-refractivity contribution in [2.24, 2.45) is 0 Å². The molecule has 3 N–H and O–H groups in total. The highest BCUT2D eigenvalue weighted by atomic mass is 16.4. The van der Waals surface area contributed by atoms with Crippen molar-refractivity contribution in [1.29, 1.82) is 0 Å². The van der Waals surface area contributed by atoms with Gasteiger partial charge in [-0.1, -0.05) is 72.8 Å². The maximum Gasteiger partial charge on any atom is 0.408 e. The van der Waals surface area contributed by atoms with E-state index in [1.54, 1.807) is 4.90 Å². The molecule has 4 aromatic rings. The number of carbonyl (C=O) groups is 1. The van der Waals surface area contributed by atoms with Crippen molar-refractivity contribution < 1.29 is 9.90 Å². The topological polar surface area (TPSA) is 90.4 Å². The normalized spacial score (nSPS) is 20.0. The number of imidazole rings is 1. The summed E-state index contributed by atoms with van der Waals surface area (Å²) in [6, 6.07) is 27.9. The number of para-hydroxylation sites is 2. The summed E-state index contributed by atoms with van der Waals surface area (Å²) >= 11 is 0. The molecule has 0 bridgehead atoms.